The fourth-order valence-corrected chi connectivity index (χ4v) is 1.78. The minimum Gasteiger partial charge on any atom is -0.436 e. The topological polar surface area (TPSA) is 69.2 Å². The highest BCUT2D eigenvalue weighted by molar-refractivity contribution is 5.76. The second-order valence-corrected chi connectivity index (χ2v) is 3.91. The van der Waals surface area contributed by atoms with Crippen LogP contribution < -0.4 is 0 Å². The Bertz CT molecular complexity index is 749. The number of nitro groups is 1. The van der Waals surface area contributed by atoms with Crippen LogP contribution >= 0.6 is 0 Å². The van der Waals surface area contributed by atoms with Gasteiger partial charge in [0.2, 0.25) is 5.89 Å². The van der Waals surface area contributed by atoms with E-state index >= 15 is 0 Å². The fourth-order valence-electron chi connectivity index (χ4n) is 1.78. The zero-order valence-electron chi connectivity index (χ0n) is 9.54. The van der Waals surface area contributed by atoms with E-state index in [1.165, 1.54) is 0 Å². The van der Waals surface area contributed by atoms with Crippen LogP contribution in [0.3, 0.4) is 0 Å². The highest BCUT2D eigenvalue weighted by Crippen LogP contribution is 2.29. The lowest BCUT2D eigenvalue weighted by Gasteiger charge is -1.97. The van der Waals surface area contributed by atoms with Crippen molar-refractivity contribution in [1.82, 2.24) is 4.98 Å². The van der Waals surface area contributed by atoms with Crippen LogP contribution in [0, 0.1) is 15.9 Å². The van der Waals surface area contributed by atoms with Gasteiger partial charge in [-0.15, -0.1) is 0 Å². The molecule has 0 saturated carbocycles. The van der Waals surface area contributed by atoms with Gasteiger partial charge in [-0.2, -0.15) is 0 Å². The number of non-ortho nitro benzene ring substituents is 1. The number of hydrogen-bond acceptors (Lipinski definition) is 4. The summed E-state index contributed by atoms with van der Waals surface area (Å²) in [6.07, 6.45) is 0. The fraction of sp³-hybridized carbons (Fsp3) is 0. The molecule has 0 fully saturated rings. The Labute approximate surface area is 106 Å². The minimum absolute atomic E-state index is 0.0228. The molecule has 3 aromatic rings. The number of fused-ring (bicyclic) bond motifs is 1. The van der Waals surface area contributed by atoms with Crippen LogP contribution in [0.5, 0.6) is 0 Å². The first kappa shape index (κ1) is 11.3. The third-order valence-electron chi connectivity index (χ3n) is 2.69. The molecular weight excluding hydrogens is 251 g/mol. The van der Waals surface area contributed by atoms with Gasteiger partial charge >= 0.3 is 0 Å². The van der Waals surface area contributed by atoms with Gasteiger partial charge in [-0.1, -0.05) is 12.1 Å². The molecule has 6 heteroatoms. The third kappa shape index (κ3) is 1.93. The van der Waals surface area contributed by atoms with Crippen molar-refractivity contribution < 1.29 is 13.7 Å². The second kappa shape index (κ2) is 4.16. The van der Waals surface area contributed by atoms with Crippen molar-refractivity contribution in [1.29, 1.82) is 0 Å². The van der Waals surface area contributed by atoms with Crippen LogP contribution in [0.2, 0.25) is 0 Å². The predicted molar refractivity (Wildman–Crippen MR) is 66.1 cm³/mol. The van der Waals surface area contributed by atoms with Gasteiger partial charge in [0.05, 0.1) is 10.5 Å². The standard InChI is InChI=1S/C13H7FN2O3/c14-10-6-5-8(16(17)18)7-9(10)13-15-11-3-1-2-4-12(11)19-13/h1-7H. The Morgan fingerprint density at radius 2 is 2.00 bits per heavy atom. The van der Waals surface area contributed by atoms with Crippen molar-refractivity contribution in [3.05, 3.63) is 58.4 Å². The van der Waals surface area contributed by atoms with Crippen molar-refractivity contribution in [3.63, 3.8) is 0 Å². The number of rotatable bonds is 2. The molecule has 2 aromatic carbocycles. The van der Waals surface area contributed by atoms with E-state index in [0.717, 1.165) is 18.2 Å². The predicted octanol–water partition coefficient (Wildman–Crippen LogP) is 3.54. The molecule has 0 aliphatic carbocycles. The third-order valence-corrected chi connectivity index (χ3v) is 2.69. The van der Waals surface area contributed by atoms with Gasteiger partial charge < -0.3 is 4.42 Å². The maximum atomic E-state index is 13.7. The van der Waals surface area contributed by atoms with E-state index < -0.39 is 10.7 Å². The first-order chi connectivity index (χ1) is 9.15. The molecule has 0 spiro atoms. The molecule has 0 unspecified atom stereocenters. The summed E-state index contributed by atoms with van der Waals surface area (Å²) in [6.45, 7) is 0. The van der Waals surface area contributed by atoms with Gasteiger partial charge in [-0.3, -0.25) is 10.1 Å². The van der Waals surface area contributed by atoms with Gasteiger partial charge in [-0.05, 0) is 18.2 Å². The average Bonchev–Trinajstić information content (AvgIpc) is 2.82. The van der Waals surface area contributed by atoms with Crippen molar-refractivity contribution in [2.24, 2.45) is 0 Å². The number of nitro benzene ring substituents is 1. The Hall–Kier alpha value is -2.76. The number of oxazole rings is 1. The van der Waals surface area contributed by atoms with Crippen LogP contribution in [-0.4, -0.2) is 9.91 Å². The summed E-state index contributed by atoms with van der Waals surface area (Å²) in [5, 5.41) is 10.7. The van der Waals surface area contributed by atoms with Gasteiger partial charge in [0.15, 0.2) is 5.58 Å². The molecule has 1 heterocycles. The minimum atomic E-state index is -0.614. The van der Waals surface area contributed by atoms with Gasteiger partial charge in [0.25, 0.3) is 5.69 Å². The summed E-state index contributed by atoms with van der Waals surface area (Å²) in [6, 6.07) is 10.2. The molecule has 0 radical (unpaired) electrons. The molecule has 19 heavy (non-hydrogen) atoms. The first-order valence-corrected chi connectivity index (χ1v) is 5.45. The molecule has 0 aliphatic rings. The number of halogens is 1. The Morgan fingerprint density at radius 3 is 2.74 bits per heavy atom. The lowest BCUT2D eigenvalue weighted by atomic mass is 10.2. The first-order valence-electron chi connectivity index (χ1n) is 5.45. The lowest BCUT2D eigenvalue weighted by molar-refractivity contribution is -0.384. The highest BCUT2D eigenvalue weighted by Gasteiger charge is 2.16. The normalized spacial score (nSPS) is 10.8. The van der Waals surface area contributed by atoms with Crippen molar-refractivity contribution in [2.75, 3.05) is 0 Å². The van der Waals surface area contributed by atoms with E-state index in [0.29, 0.717) is 11.1 Å². The van der Waals surface area contributed by atoms with Gasteiger partial charge in [-0.25, -0.2) is 9.37 Å². The molecule has 0 bridgehead atoms. The van der Waals surface area contributed by atoms with E-state index in [9.17, 15) is 14.5 Å². The monoisotopic (exact) mass is 258 g/mol. The lowest BCUT2D eigenvalue weighted by Crippen LogP contribution is -1.91. The van der Waals surface area contributed by atoms with Crippen LogP contribution in [0.15, 0.2) is 46.9 Å². The van der Waals surface area contributed by atoms with Crippen molar-refractivity contribution >= 4 is 16.8 Å². The molecule has 1 aromatic heterocycles. The number of aromatic nitrogens is 1. The van der Waals surface area contributed by atoms with E-state index in [4.69, 9.17) is 4.42 Å². The Morgan fingerprint density at radius 1 is 1.21 bits per heavy atom. The summed E-state index contributed by atoms with van der Waals surface area (Å²) < 4.78 is 19.1. The Kier molecular flexibility index (Phi) is 2.49. The average molecular weight is 258 g/mol. The number of para-hydroxylation sites is 2. The van der Waals surface area contributed by atoms with Gasteiger partial charge in [0.1, 0.15) is 11.3 Å². The van der Waals surface area contributed by atoms with Crippen LogP contribution in [0.25, 0.3) is 22.6 Å². The summed E-state index contributed by atoms with van der Waals surface area (Å²) in [5.41, 5.74) is 0.843. The van der Waals surface area contributed by atoms with Crippen molar-refractivity contribution in [2.45, 2.75) is 0 Å². The number of benzene rings is 2. The summed E-state index contributed by atoms with van der Waals surface area (Å²) in [4.78, 5) is 14.2. The van der Waals surface area contributed by atoms with Gasteiger partial charge in [0, 0.05) is 12.1 Å². The maximum absolute atomic E-state index is 13.7. The maximum Gasteiger partial charge on any atom is 0.270 e. The summed E-state index contributed by atoms with van der Waals surface area (Å²) >= 11 is 0. The summed E-state index contributed by atoms with van der Waals surface area (Å²) in [7, 11) is 0. The van der Waals surface area contributed by atoms with E-state index in [1.807, 2.05) is 0 Å². The zero-order chi connectivity index (χ0) is 13.4. The molecule has 0 amide bonds. The quantitative estimate of drug-likeness (QED) is 0.520. The van der Waals surface area contributed by atoms with Crippen LogP contribution in [0.1, 0.15) is 0 Å². The largest absolute Gasteiger partial charge is 0.436 e. The SMILES string of the molecule is O=[N+]([O-])c1ccc(F)c(-c2nc3ccccc3o2)c1. The van der Waals surface area contributed by atoms with E-state index in [-0.39, 0.29) is 17.1 Å². The summed E-state index contributed by atoms with van der Waals surface area (Å²) in [5.74, 6) is -0.584. The molecule has 3 rings (SSSR count). The highest BCUT2D eigenvalue weighted by atomic mass is 19.1. The number of nitrogens with zero attached hydrogens (tertiary/aromatic N) is 2. The van der Waals surface area contributed by atoms with E-state index in [2.05, 4.69) is 4.98 Å². The molecule has 5 nitrogen and oxygen atoms in total. The molecule has 0 aliphatic heterocycles. The molecule has 94 valence electrons. The molecule has 0 saturated heterocycles. The van der Waals surface area contributed by atoms with Crippen molar-refractivity contribution in [3.8, 4) is 11.5 Å². The number of hydrogen-bond donors (Lipinski definition) is 0. The Balaban J connectivity index is 2.20. The smallest absolute Gasteiger partial charge is 0.270 e. The van der Waals surface area contributed by atoms with E-state index in [1.54, 1.807) is 24.3 Å². The van der Waals surface area contributed by atoms with Crippen LogP contribution in [-0.2, 0) is 0 Å². The molecular formula is C13H7FN2O3. The second-order valence-electron chi connectivity index (χ2n) is 3.91. The molecule has 0 atom stereocenters. The molecule has 0 N–H and O–H groups in total. The zero-order valence-corrected chi connectivity index (χ0v) is 9.54. The van der Waals surface area contributed by atoms with Crippen LogP contribution in [0.4, 0.5) is 10.1 Å².